The van der Waals surface area contributed by atoms with E-state index in [0.717, 1.165) is 13.7 Å². The molecule has 0 N–H and O–H groups in total. The predicted octanol–water partition coefficient (Wildman–Crippen LogP) is 5.17. The Hall–Kier alpha value is 0.0900. The molecule has 0 amide bonds. The van der Waals surface area contributed by atoms with Gasteiger partial charge in [-0.05, 0) is 78.3 Å². The lowest BCUT2D eigenvalue weighted by Gasteiger charge is -1.92. The molecule has 0 unspecified atom stereocenters. The minimum absolute atomic E-state index is 0.862. The number of halogens is 3. The molecule has 0 aliphatic rings. The first-order chi connectivity index (χ1) is 8.11. The molecule has 2 heterocycles. The van der Waals surface area contributed by atoms with Gasteiger partial charge in [-0.2, -0.15) is 0 Å². The number of aromatic nitrogens is 2. The zero-order valence-electron chi connectivity index (χ0n) is 8.90. The number of pyridine rings is 2. The Labute approximate surface area is 130 Å². The van der Waals surface area contributed by atoms with Gasteiger partial charge in [0.25, 0.3) is 0 Å². The van der Waals surface area contributed by atoms with Gasteiger partial charge in [0.2, 0.25) is 0 Å². The van der Waals surface area contributed by atoms with Crippen LogP contribution in [0.2, 0.25) is 0 Å². The van der Waals surface area contributed by atoms with Crippen molar-refractivity contribution in [3.8, 4) is 0 Å². The van der Waals surface area contributed by atoms with Crippen molar-refractivity contribution in [1.29, 1.82) is 0 Å². The van der Waals surface area contributed by atoms with Crippen LogP contribution in [0.4, 0.5) is 0 Å². The van der Waals surface area contributed by atoms with E-state index in [1.807, 2.05) is 36.7 Å². The van der Waals surface area contributed by atoms with Gasteiger partial charge in [-0.3, -0.25) is 0 Å². The normalized spacial score (nSPS) is 9.41. The summed E-state index contributed by atoms with van der Waals surface area (Å²) >= 11 is 11.4. The first-order valence-electron chi connectivity index (χ1n) is 4.54. The molecule has 2 aromatic rings. The van der Waals surface area contributed by atoms with E-state index < -0.39 is 0 Å². The molecule has 2 nitrogen and oxygen atoms in total. The lowest BCUT2D eigenvalue weighted by atomic mass is 10.5. The number of hydrogen-bond donors (Lipinski definition) is 0. The molecule has 0 atom stereocenters. The van der Waals surface area contributed by atoms with Crippen molar-refractivity contribution in [1.82, 2.24) is 9.97 Å². The van der Waals surface area contributed by atoms with Crippen LogP contribution < -0.4 is 0 Å². The summed E-state index contributed by atoms with van der Waals surface area (Å²) in [5.74, 6) is 0. The predicted molar refractivity (Wildman–Crippen MR) is 83.4 cm³/mol. The number of hydrogen-bond acceptors (Lipinski definition) is 3. The summed E-state index contributed by atoms with van der Waals surface area (Å²) in [6, 6.07) is 7.77. The van der Waals surface area contributed by atoms with Crippen molar-refractivity contribution in [3.05, 3.63) is 50.3 Å². The zero-order valence-corrected chi connectivity index (χ0v) is 14.5. The maximum atomic E-state index is 4.05. The Morgan fingerprint density at radius 2 is 1.47 bits per heavy atom. The molecule has 0 bridgehead atoms. The van der Waals surface area contributed by atoms with Crippen LogP contribution in [0.15, 0.2) is 55.2 Å². The van der Waals surface area contributed by atoms with Gasteiger partial charge in [-0.25, -0.2) is 9.97 Å². The SMILES string of the molecule is Brc1ccc(Br)nc1.CSc1ccc(Br)nc1. The molecule has 0 spiro atoms. The second-order valence-electron chi connectivity index (χ2n) is 2.82. The van der Waals surface area contributed by atoms with Crippen molar-refractivity contribution in [3.63, 3.8) is 0 Å². The van der Waals surface area contributed by atoms with Crippen LogP contribution in [0.25, 0.3) is 0 Å². The van der Waals surface area contributed by atoms with Gasteiger partial charge < -0.3 is 0 Å². The summed E-state index contributed by atoms with van der Waals surface area (Å²) in [5, 5.41) is 0. The molecule has 0 fully saturated rings. The summed E-state index contributed by atoms with van der Waals surface area (Å²) in [5.41, 5.74) is 0. The average molecular weight is 441 g/mol. The molecule has 0 saturated heterocycles. The number of rotatable bonds is 1. The molecule has 17 heavy (non-hydrogen) atoms. The molecule has 0 saturated carbocycles. The Morgan fingerprint density at radius 3 is 1.82 bits per heavy atom. The standard InChI is InChI=1S/C6H6BrNS.C5H3Br2N/c1-9-5-2-3-6(7)8-4-5;6-4-1-2-5(7)8-3-4/h2-4H,1H3;1-3H. The van der Waals surface area contributed by atoms with Crippen LogP contribution in [0.3, 0.4) is 0 Å². The van der Waals surface area contributed by atoms with Crippen molar-refractivity contribution in [2.24, 2.45) is 0 Å². The quantitative estimate of drug-likeness (QED) is 0.451. The largest absolute Gasteiger partial charge is 0.248 e. The molecule has 0 aliphatic heterocycles. The van der Waals surface area contributed by atoms with Gasteiger partial charge in [0.05, 0.1) is 0 Å². The van der Waals surface area contributed by atoms with Crippen molar-refractivity contribution in [2.45, 2.75) is 4.90 Å². The molecule has 2 aromatic heterocycles. The van der Waals surface area contributed by atoms with E-state index in [-0.39, 0.29) is 0 Å². The van der Waals surface area contributed by atoms with Gasteiger partial charge in [-0.15, -0.1) is 11.8 Å². The number of nitrogens with zero attached hydrogens (tertiary/aromatic N) is 2. The first-order valence-corrected chi connectivity index (χ1v) is 8.15. The summed E-state index contributed by atoms with van der Waals surface area (Å²) in [6.07, 6.45) is 5.61. The average Bonchev–Trinajstić information content (AvgIpc) is 2.35. The zero-order chi connectivity index (χ0) is 12.7. The van der Waals surface area contributed by atoms with Gasteiger partial charge in [-0.1, -0.05) is 0 Å². The summed E-state index contributed by atoms with van der Waals surface area (Å²) in [4.78, 5) is 9.19. The summed E-state index contributed by atoms with van der Waals surface area (Å²) < 4.78 is 2.75. The third kappa shape index (κ3) is 6.55. The van der Waals surface area contributed by atoms with E-state index in [2.05, 4.69) is 57.8 Å². The monoisotopic (exact) mass is 438 g/mol. The Morgan fingerprint density at radius 1 is 0.882 bits per heavy atom. The van der Waals surface area contributed by atoms with Crippen molar-refractivity contribution in [2.75, 3.05) is 6.26 Å². The van der Waals surface area contributed by atoms with Gasteiger partial charge >= 0.3 is 0 Å². The lowest BCUT2D eigenvalue weighted by Crippen LogP contribution is -1.73. The third-order valence-electron chi connectivity index (χ3n) is 1.63. The van der Waals surface area contributed by atoms with Crippen LogP contribution in [-0.4, -0.2) is 16.2 Å². The van der Waals surface area contributed by atoms with Gasteiger partial charge in [0.15, 0.2) is 0 Å². The molecule has 90 valence electrons. The molecular weight excluding hydrogens is 432 g/mol. The van der Waals surface area contributed by atoms with Crippen LogP contribution in [0.5, 0.6) is 0 Å². The van der Waals surface area contributed by atoms with Crippen LogP contribution in [0.1, 0.15) is 0 Å². The molecule has 0 radical (unpaired) electrons. The highest BCUT2D eigenvalue weighted by atomic mass is 79.9. The Kier molecular flexibility index (Phi) is 7.34. The van der Waals surface area contributed by atoms with Gasteiger partial charge in [0.1, 0.15) is 9.21 Å². The number of thioether (sulfide) groups is 1. The van der Waals surface area contributed by atoms with E-state index in [0.29, 0.717) is 0 Å². The highest BCUT2D eigenvalue weighted by molar-refractivity contribution is 9.11. The van der Waals surface area contributed by atoms with E-state index >= 15 is 0 Å². The molecule has 6 heteroatoms. The van der Waals surface area contributed by atoms with Crippen LogP contribution in [-0.2, 0) is 0 Å². The lowest BCUT2D eigenvalue weighted by molar-refractivity contribution is 1.20. The second-order valence-corrected chi connectivity index (χ2v) is 6.24. The highest BCUT2D eigenvalue weighted by Crippen LogP contribution is 2.14. The molecular formula is C11H9Br3N2S. The van der Waals surface area contributed by atoms with Crippen molar-refractivity contribution < 1.29 is 0 Å². The van der Waals surface area contributed by atoms with E-state index in [1.54, 1.807) is 18.0 Å². The molecule has 2 rings (SSSR count). The van der Waals surface area contributed by atoms with Crippen LogP contribution >= 0.6 is 59.6 Å². The first kappa shape index (κ1) is 15.1. The third-order valence-corrected chi connectivity index (χ3v) is 3.75. The topological polar surface area (TPSA) is 25.8 Å². The molecule has 0 aliphatic carbocycles. The minimum Gasteiger partial charge on any atom is -0.248 e. The Balaban J connectivity index is 0.000000171. The minimum atomic E-state index is 0.862. The van der Waals surface area contributed by atoms with E-state index in [4.69, 9.17) is 0 Å². The fourth-order valence-electron chi connectivity index (χ4n) is 0.841. The summed E-state index contributed by atoms with van der Waals surface area (Å²) in [6.45, 7) is 0. The van der Waals surface area contributed by atoms with Crippen LogP contribution in [0, 0.1) is 0 Å². The second kappa shape index (κ2) is 8.24. The van der Waals surface area contributed by atoms with Crippen molar-refractivity contribution >= 4 is 59.6 Å². The smallest absolute Gasteiger partial charge is 0.106 e. The molecule has 0 aromatic carbocycles. The van der Waals surface area contributed by atoms with Gasteiger partial charge in [0, 0.05) is 21.8 Å². The fraction of sp³-hybridized carbons (Fsp3) is 0.0909. The fourth-order valence-corrected chi connectivity index (χ4v) is 1.91. The Bertz CT molecular complexity index is 424. The maximum Gasteiger partial charge on any atom is 0.106 e. The van der Waals surface area contributed by atoms with E-state index in [1.165, 1.54) is 4.90 Å². The van der Waals surface area contributed by atoms with E-state index in [9.17, 15) is 0 Å². The highest BCUT2D eigenvalue weighted by Gasteiger charge is 1.88. The summed E-state index contributed by atoms with van der Waals surface area (Å²) in [7, 11) is 0. The maximum absolute atomic E-state index is 4.05.